The fourth-order valence-corrected chi connectivity index (χ4v) is 3.36. The molecule has 3 aromatic carbocycles. The molecule has 0 saturated heterocycles. The van der Waals surface area contributed by atoms with Crippen LogP contribution in [0, 0.1) is 14.9 Å². The van der Waals surface area contributed by atoms with E-state index >= 15 is 0 Å². The molecule has 6 heteroatoms. The maximum atomic E-state index is 12.5. The summed E-state index contributed by atoms with van der Waals surface area (Å²) in [5, 5.41) is 12.2. The number of carbonyl (C=O) groups excluding carboxylic acids is 1. The van der Waals surface area contributed by atoms with Gasteiger partial charge in [-0.05, 0) is 77.0 Å². The van der Waals surface area contributed by atoms with Gasteiger partial charge in [0.15, 0.2) is 11.5 Å². The van der Waals surface area contributed by atoms with Crippen molar-refractivity contribution in [3.8, 4) is 17.6 Å². The van der Waals surface area contributed by atoms with Crippen molar-refractivity contribution in [3.63, 3.8) is 0 Å². The number of amides is 1. The zero-order valence-electron chi connectivity index (χ0n) is 17.0. The molecule has 31 heavy (non-hydrogen) atoms. The summed E-state index contributed by atoms with van der Waals surface area (Å²) >= 11 is 2.17. The second-order valence-corrected chi connectivity index (χ2v) is 7.79. The van der Waals surface area contributed by atoms with Crippen LogP contribution < -0.4 is 14.8 Å². The lowest BCUT2D eigenvalue weighted by atomic mass is 10.1. The third-order valence-electron chi connectivity index (χ3n) is 4.26. The molecule has 0 radical (unpaired) electrons. The number of hydrogen-bond donors (Lipinski definition) is 1. The quantitative estimate of drug-likeness (QED) is 0.229. The average Bonchev–Trinajstić information content (AvgIpc) is 2.77. The van der Waals surface area contributed by atoms with E-state index in [2.05, 4.69) is 27.9 Å². The molecule has 0 atom stereocenters. The Morgan fingerprint density at radius 3 is 2.55 bits per heavy atom. The number of benzene rings is 3. The number of hydrogen-bond acceptors (Lipinski definition) is 4. The van der Waals surface area contributed by atoms with E-state index < -0.39 is 5.91 Å². The number of carbonyl (C=O) groups is 1. The lowest BCUT2D eigenvalue weighted by molar-refractivity contribution is -0.112. The zero-order valence-corrected chi connectivity index (χ0v) is 19.1. The van der Waals surface area contributed by atoms with Crippen LogP contribution in [0.2, 0.25) is 0 Å². The molecule has 0 saturated carbocycles. The van der Waals surface area contributed by atoms with Crippen molar-refractivity contribution in [2.75, 3.05) is 11.9 Å². The van der Waals surface area contributed by atoms with E-state index in [1.165, 1.54) is 6.08 Å². The van der Waals surface area contributed by atoms with Gasteiger partial charge in [0, 0.05) is 9.26 Å². The summed E-state index contributed by atoms with van der Waals surface area (Å²) in [6, 6.07) is 24.5. The highest BCUT2D eigenvalue weighted by molar-refractivity contribution is 14.1. The van der Waals surface area contributed by atoms with Gasteiger partial charge in [-0.1, -0.05) is 42.5 Å². The van der Waals surface area contributed by atoms with Crippen molar-refractivity contribution in [2.45, 2.75) is 13.5 Å². The lowest BCUT2D eigenvalue weighted by Crippen LogP contribution is -2.13. The number of nitrogens with one attached hydrogen (secondary N) is 1. The van der Waals surface area contributed by atoms with Crippen molar-refractivity contribution in [3.05, 3.63) is 93.1 Å². The lowest BCUT2D eigenvalue weighted by Gasteiger charge is -2.13. The Kier molecular flexibility index (Phi) is 8.07. The van der Waals surface area contributed by atoms with Crippen LogP contribution in [-0.4, -0.2) is 12.5 Å². The average molecular weight is 524 g/mol. The minimum atomic E-state index is -0.466. The summed E-state index contributed by atoms with van der Waals surface area (Å²) in [6.07, 6.45) is 1.53. The molecule has 5 nitrogen and oxygen atoms in total. The monoisotopic (exact) mass is 524 g/mol. The van der Waals surface area contributed by atoms with Crippen molar-refractivity contribution in [1.82, 2.24) is 0 Å². The highest BCUT2D eigenvalue weighted by Gasteiger charge is 2.12. The molecule has 0 aliphatic carbocycles. The van der Waals surface area contributed by atoms with Gasteiger partial charge in [-0.25, -0.2) is 0 Å². The van der Waals surface area contributed by atoms with Gasteiger partial charge in [0.25, 0.3) is 5.91 Å². The fourth-order valence-electron chi connectivity index (χ4n) is 2.82. The number of ether oxygens (including phenoxy) is 2. The molecule has 156 valence electrons. The molecule has 3 rings (SSSR count). The molecule has 0 aliphatic heterocycles. The molecule has 1 amide bonds. The second kappa shape index (κ2) is 11.2. The van der Waals surface area contributed by atoms with Crippen LogP contribution in [0.5, 0.6) is 11.5 Å². The molecule has 3 aromatic rings. The van der Waals surface area contributed by atoms with Gasteiger partial charge in [-0.3, -0.25) is 4.79 Å². The maximum Gasteiger partial charge on any atom is 0.266 e. The SMILES string of the molecule is CCOc1cc(/C=C(\C#N)C(=O)Nc2cccc(I)c2)ccc1OCc1ccccc1. The Morgan fingerprint density at radius 1 is 1.03 bits per heavy atom. The molecule has 0 bridgehead atoms. The van der Waals surface area contributed by atoms with E-state index in [-0.39, 0.29) is 5.57 Å². The Balaban J connectivity index is 1.78. The predicted molar refractivity (Wildman–Crippen MR) is 130 cm³/mol. The number of halogens is 1. The van der Waals surface area contributed by atoms with Gasteiger partial charge in [0.2, 0.25) is 0 Å². The van der Waals surface area contributed by atoms with Crippen LogP contribution in [0.15, 0.2) is 78.4 Å². The predicted octanol–water partition coefficient (Wildman–Crippen LogP) is 5.81. The Labute approximate surface area is 195 Å². The van der Waals surface area contributed by atoms with E-state index in [9.17, 15) is 10.1 Å². The Bertz CT molecular complexity index is 1120. The summed E-state index contributed by atoms with van der Waals surface area (Å²) in [7, 11) is 0. The fraction of sp³-hybridized carbons (Fsp3) is 0.120. The third-order valence-corrected chi connectivity index (χ3v) is 4.93. The summed E-state index contributed by atoms with van der Waals surface area (Å²) in [6.45, 7) is 2.77. The number of rotatable bonds is 8. The maximum absolute atomic E-state index is 12.5. The van der Waals surface area contributed by atoms with Crippen LogP contribution in [0.3, 0.4) is 0 Å². The summed E-state index contributed by atoms with van der Waals surface area (Å²) < 4.78 is 12.6. The summed E-state index contributed by atoms with van der Waals surface area (Å²) in [5.41, 5.74) is 2.36. The Hall–Kier alpha value is -3.31. The van der Waals surface area contributed by atoms with Crippen molar-refractivity contribution in [1.29, 1.82) is 5.26 Å². The third kappa shape index (κ3) is 6.59. The molecular formula is C25H21IN2O3. The number of anilines is 1. The Morgan fingerprint density at radius 2 is 1.84 bits per heavy atom. The minimum absolute atomic E-state index is 0.000682. The van der Waals surface area contributed by atoms with Gasteiger partial charge in [-0.15, -0.1) is 0 Å². The van der Waals surface area contributed by atoms with E-state index in [0.717, 1.165) is 9.13 Å². The molecule has 0 unspecified atom stereocenters. The molecule has 0 aromatic heterocycles. The van der Waals surface area contributed by atoms with Crippen LogP contribution in [0.4, 0.5) is 5.69 Å². The van der Waals surface area contributed by atoms with Crippen molar-refractivity contribution in [2.24, 2.45) is 0 Å². The largest absolute Gasteiger partial charge is 0.490 e. The van der Waals surface area contributed by atoms with Crippen LogP contribution in [0.1, 0.15) is 18.1 Å². The van der Waals surface area contributed by atoms with Crippen LogP contribution in [0.25, 0.3) is 6.08 Å². The standard InChI is InChI=1S/C25H21IN2O3/c1-2-30-24-14-19(11-12-23(24)31-17-18-7-4-3-5-8-18)13-20(16-27)25(29)28-22-10-6-9-21(26)15-22/h3-15H,2,17H2,1H3,(H,28,29)/b20-13+. The van der Waals surface area contributed by atoms with E-state index in [4.69, 9.17) is 9.47 Å². The van der Waals surface area contributed by atoms with Gasteiger partial charge in [-0.2, -0.15) is 5.26 Å². The molecule has 0 spiro atoms. The first-order valence-electron chi connectivity index (χ1n) is 9.71. The molecule has 0 aliphatic rings. The summed E-state index contributed by atoms with van der Waals surface area (Å²) in [4.78, 5) is 12.5. The minimum Gasteiger partial charge on any atom is -0.490 e. The van der Waals surface area contributed by atoms with Crippen molar-refractivity contribution >= 4 is 40.3 Å². The van der Waals surface area contributed by atoms with Crippen LogP contribution in [-0.2, 0) is 11.4 Å². The smallest absolute Gasteiger partial charge is 0.266 e. The molecule has 1 N–H and O–H groups in total. The van der Waals surface area contributed by atoms with Crippen LogP contribution >= 0.6 is 22.6 Å². The molecule has 0 heterocycles. The first-order valence-corrected chi connectivity index (χ1v) is 10.8. The molecular weight excluding hydrogens is 503 g/mol. The zero-order chi connectivity index (χ0) is 22.1. The highest BCUT2D eigenvalue weighted by Crippen LogP contribution is 2.30. The van der Waals surface area contributed by atoms with Gasteiger partial charge in [0.1, 0.15) is 18.2 Å². The van der Waals surface area contributed by atoms with Gasteiger partial charge < -0.3 is 14.8 Å². The summed E-state index contributed by atoms with van der Waals surface area (Å²) in [5.74, 6) is 0.694. The first kappa shape index (κ1) is 22.4. The topological polar surface area (TPSA) is 71.3 Å². The van der Waals surface area contributed by atoms with Gasteiger partial charge >= 0.3 is 0 Å². The van der Waals surface area contributed by atoms with E-state index in [1.807, 2.05) is 61.5 Å². The number of nitrogens with zero attached hydrogens (tertiary/aromatic N) is 1. The van der Waals surface area contributed by atoms with Gasteiger partial charge in [0.05, 0.1) is 6.61 Å². The van der Waals surface area contributed by atoms with E-state index in [0.29, 0.717) is 36.0 Å². The molecule has 0 fully saturated rings. The first-order chi connectivity index (χ1) is 15.1. The second-order valence-electron chi connectivity index (χ2n) is 6.55. The van der Waals surface area contributed by atoms with E-state index in [1.54, 1.807) is 24.3 Å². The normalized spacial score (nSPS) is 10.8. The number of nitriles is 1. The highest BCUT2D eigenvalue weighted by atomic mass is 127. The van der Waals surface area contributed by atoms with Crippen molar-refractivity contribution < 1.29 is 14.3 Å².